The molecule has 1 aliphatic rings. The largest absolute Gasteiger partial charge is 0.291 e. The molecule has 2 radical (unpaired) electrons. The molecule has 0 amide bonds. The van der Waals surface area contributed by atoms with Gasteiger partial charge in [-0.1, -0.05) is 0 Å². The van der Waals surface area contributed by atoms with Gasteiger partial charge in [-0.05, 0) is 12.8 Å². The second kappa shape index (κ2) is 0.814. The second-order valence-corrected chi connectivity index (χ2v) is 1.20. The molecule has 0 aromatic rings. The van der Waals surface area contributed by atoms with Crippen molar-refractivity contribution in [1.82, 2.24) is 0 Å². The van der Waals surface area contributed by atoms with E-state index in [1.54, 1.807) is 0 Å². The van der Waals surface area contributed by atoms with Crippen LogP contribution in [0.5, 0.6) is 0 Å². The first kappa shape index (κ1) is 2.88. The molecule has 0 N–H and O–H groups in total. The highest BCUT2D eigenvalue weighted by molar-refractivity contribution is 5.61. The van der Waals surface area contributed by atoms with Gasteiger partial charge in [-0.15, -0.1) is 0 Å². The molecule has 1 saturated carbocycles. The minimum absolute atomic E-state index is 0.204. The fourth-order valence-electron chi connectivity index (χ4n) is 0.164. The Kier molecular flexibility index (Phi) is 0.469. The lowest BCUT2D eigenvalue weighted by molar-refractivity contribution is 0.550. The summed E-state index contributed by atoms with van der Waals surface area (Å²) in [4.78, 5) is 9.41. The molecular formula is C4H4O. The fourth-order valence-corrected chi connectivity index (χ4v) is 0.164. The minimum Gasteiger partial charge on any atom is -0.291 e. The second-order valence-electron chi connectivity index (χ2n) is 1.20. The van der Waals surface area contributed by atoms with Gasteiger partial charge in [0.2, 0.25) is 6.29 Å². The molecule has 0 bridgehead atoms. The molecule has 5 heavy (non-hydrogen) atoms. The molecule has 0 spiro atoms. The fraction of sp³-hybridized carbons (Fsp3) is 0.500. The normalized spacial score (nSPS) is 22.4. The third-order valence-electron chi connectivity index (χ3n) is 0.623. The molecule has 1 rings (SSSR count). The molecule has 1 nitrogen and oxygen atoms in total. The van der Waals surface area contributed by atoms with Crippen LogP contribution in [0.25, 0.3) is 0 Å². The van der Waals surface area contributed by atoms with Crippen LogP contribution in [0.2, 0.25) is 0 Å². The van der Waals surface area contributed by atoms with Gasteiger partial charge in [-0.2, -0.15) is 0 Å². The number of rotatable bonds is 1. The minimum atomic E-state index is 0.204. The number of hydrogen-bond acceptors (Lipinski definition) is 1. The van der Waals surface area contributed by atoms with E-state index in [1.165, 1.54) is 0 Å². The van der Waals surface area contributed by atoms with Crippen LogP contribution < -0.4 is 0 Å². The lowest BCUT2D eigenvalue weighted by Gasteiger charge is -1.53. The summed E-state index contributed by atoms with van der Waals surface area (Å²) < 4.78 is 0. The van der Waals surface area contributed by atoms with Crippen LogP contribution >= 0.6 is 0 Å². The predicted octanol–water partition coefficient (Wildman–Crippen LogP) is 0.320. The van der Waals surface area contributed by atoms with Gasteiger partial charge >= 0.3 is 0 Å². The Labute approximate surface area is 31.0 Å². The van der Waals surface area contributed by atoms with E-state index < -0.39 is 0 Å². The molecule has 0 aliphatic heterocycles. The average Bonchev–Trinajstić information content (AvgIpc) is 2.12. The molecule has 1 atom stereocenters. The molecule has 1 fully saturated rings. The summed E-state index contributed by atoms with van der Waals surface area (Å²) in [5.74, 6) is 0.204. The van der Waals surface area contributed by atoms with Crippen LogP contribution in [0.3, 0.4) is 0 Å². The molecular weight excluding hydrogens is 64.0 g/mol. The van der Waals surface area contributed by atoms with Gasteiger partial charge < -0.3 is 0 Å². The summed E-state index contributed by atoms with van der Waals surface area (Å²) in [6.45, 7) is 0. The van der Waals surface area contributed by atoms with Gasteiger partial charge in [-0.3, -0.25) is 4.79 Å². The molecule has 0 aromatic heterocycles. The van der Waals surface area contributed by atoms with Crippen LogP contribution in [0.4, 0.5) is 0 Å². The maximum Gasteiger partial charge on any atom is 0.202 e. The van der Waals surface area contributed by atoms with Crippen molar-refractivity contribution >= 4 is 6.29 Å². The third kappa shape index (κ3) is 0.469. The maximum absolute atomic E-state index is 9.41. The Hall–Kier alpha value is -0.330. The Morgan fingerprint density at radius 1 is 2.00 bits per heavy atom. The first-order valence-electron chi connectivity index (χ1n) is 1.64. The van der Waals surface area contributed by atoms with Crippen molar-refractivity contribution in [2.24, 2.45) is 5.92 Å². The average molecular weight is 68.1 g/mol. The van der Waals surface area contributed by atoms with E-state index in [9.17, 15) is 4.79 Å². The van der Waals surface area contributed by atoms with Gasteiger partial charge in [0.25, 0.3) is 0 Å². The lowest BCUT2D eigenvalue weighted by atomic mass is 10.5. The first-order valence-corrected chi connectivity index (χ1v) is 1.64. The Balaban J connectivity index is 2.21. The molecule has 1 heteroatoms. The zero-order valence-electron chi connectivity index (χ0n) is 2.77. The highest BCUT2D eigenvalue weighted by Crippen LogP contribution is 2.23. The highest BCUT2D eigenvalue weighted by atomic mass is 16.1. The van der Waals surface area contributed by atoms with Crippen LogP contribution in [-0.4, -0.2) is 6.29 Å². The van der Waals surface area contributed by atoms with Gasteiger partial charge in [0.05, 0.1) is 0 Å². The van der Waals surface area contributed by atoms with Crippen molar-refractivity contribution in [2.45, 2.75) is 6.42 Å². The van der Waals surface area contributed by atoms with Crippen molar-refractivity contribution in [3.05, 3.63) is 6.42 Å². The Morgan fingerprint density at radius 2 is 2.60 bits per heavy atom. The van der Waals surface area contributed by atoms with Crippen LogP contribution in [0, 0.1) is 12.3 Å². The van der Waals surface area contributed by atoms with Gasteiger partial charge in [0.15, 0.2) is 0 Å². The predicted molar refractivity (Wildman–Crippen MR) is 18.1 cm³/mol. The van der Waals surface area contributed by atoms with Crippen molar-refractivity contribution in [2.75, 3.05) is 0 Å². The summed E-state index contributed by atoms with van der Waals surface area (Å²) in [5.41, 5.74) is 0. The monoisotopic (exact) mass is 68.0 g/mol. The van der Waals surface area contributed by atoms with Gasteiger partial charge in [0.1, 0.15) is 0 Å². The molecule has 1 unspecified atom stereocenters. The lowest BCUT2D eigenvalue weighted by Crippen LogP contribution is -1.66. The van der Waals surface area contributed by atoms with Crippen molar-refractivity contribution in [3.63, 3.8) is 0 Å². The number of carbonyl (C=O) groups excluding carboxylic acids is 1. The van der Waals surface area contributed by atoms with Crippen molar-refractivity contribution < 1.29 is 4.79 Å². The smallest absolute Gasteiger partial charge is 0.202 e. The van der Waals surface area contributed by atoms with Crippen LogP contribution in [-0.2, 0) is 4.79 Å². The summed E-state index contributed by atoms with van der Waals surface area (Å²) >= 11 is 0. The van der Waals surface area contributed by atoms with E-state index in [-0.39, 0.29) is 5.92 Å². The van der Waals surface area contributed by atoms with E-state index in [0.717, 1.165) is 6.42 Å². The Bertz CT molecular complexity index is 45.6. The molecule has 0 aromatic carbocycles. The molecule has 0 heterocycles. The summed E-state index contributed by atoms with van der Waals surface area (Å²) in [7, 11) is 0. The van der Waals surface area contributed by atoms with Crippen molar-refractivity contribution in [3.8, 4) is 0 Å². The van der Waals surface area contributed by atoms with Crippen LogP contribution in [0.1, 0.15) is 6.42 Å². The van der Waals surface area contributed by atoms with Crippen molar-refractivity contribution in [1.29, 1.82) is 0 Å². The maximum atomic E-state index is 9.41. The SMILES string of the molecule is O=[C]C1[CH]C1. The third-order valence-corrected chi connectivity index (χ3v) is 0.623. The van der Waals surface area contributed by atoms with Crippen LogP contribution in [0.15, 0.2) is 0 Å². The highest BCUT2D eigenvalue weighted by Gasteiger charge is 2.20. The number of hydrogen-bond donors (Lipinski definition) is 0. The first-order chi connectivity index (χ1) is 2.43. The topological polar surface area (TPSA) is 17.1 Å². The van der Waals surface area contributed by atoms with E-state index in [2.05, 4.69) is 0 Å². The van der Waals surface area contributed by atoms with E-state index in [4.69, 9.17) is 0 Å². The Morgan fingerprint density at radius 3 is 2.60 bits per heavy atom. The van der Waals surface area contributed by atoms with Gasteiger partial charge in [-0.25, -0.2) is 0 Å². The zero-order chi connectivity index (χ0) is 3.70. The summed E-state index contributed by atoms with van der Waals surface area (Å²) in [6.07, 6.45) is 4.72. The molecule has 0 saturated heterocycles. The zero-order valence-corrected chi connectivity index (χ0v) is 2.77. The van der Waals surface area contributed by atoms with E-state index in [1.807, 2.05) is 12.7 Å². The van der Waals surface area contributed by atoms with Gasteiger partial charge in [0, 0.05) is 5.92 Å². The quantitative estimate of drug-likeness (QED) is 0.432. The summed E-state index contributed by atoms with van der Waals surface area (Å²) in [6, 6.07) is 0. The molecule has 1 aliphatic carbocycles. The van der Waals surface area contributed by atoms with E-state index in [0.29, 0.717) is 0 Å². The standard InChI is InChI=1S/C4H4O/c5-3-4-1-2-4/h1,4H,2H2. The molecule has 26 valence electrons. The van der Waals surface area contributed by atoms with E-state index >= 15 is 0 Å². The summed E-state index contributed by atoms with van der Waals surface area (Å²) in [5, 5.41) is 0.